The molecule has 0 saturated heterocycles. The highest BCUT2D eigenvalue weighted by atomic mass is 16.5. The van der Waals surface area contributed by atoms with Gasteiger partial charge in [0.15, 0.2) is 0 Å². The third-order valence-corrected chi connectivity index (χ3v) is 5.16. The average Bonchev–Trinajstić information content (AvgIpc) is 2.86. The van der Waals surface area contributed by atoms with Gasteiger partial charge in [0.1, 0.15) is 24.7 Å². The Balaban J connectivity index is 1.33. The van der Waals surface area contributed by atoms with Crippen molar-refractivity contribution in [3.63, 3.8) is 0 Å². The van der Waals surface area contributed by atoms with Gasteiger partial charge in [0.05, 0.1) is 6.21 Å². The fourth-order valence-corrected chi connectivity index (χ4v) is 3.30. The molecule has 0 heterocycles. The standard InChI is InChI=1S/C28H32N2O3/c1-2-3-4-6-9-23-12-16-26(17-13-23)32-20-21-33-27-18-14-24(15-19-27)22-29-30-28(31)25-10-7-5-8-11-25/h5,7-8,10-19,22H,2-4,6,9,20-21H2,1H3,(H,30,31). The van der Waals surface area contributed by atoms with E-state index in [0.717, 1.165) is 23.5 Å². The third kappa shape index (κ3) is 8.81. The Hall–Kier alpha value is -3.60. The van der Waals surface area contributed by atoms with Gasteiger partial charge in [-0.2, -0.15) is 5.10 Å². The molecule has 0 aliphatic carbocycles. The number of nitrogens with one attached hydrogen (secondary N) is 1. The predicted molar refractivity (Wildman–Crippen MR) is 133 cm³/mol. The molecule has 33 heavy (non-hydrogen) atoms. The maximum absolute atomic E-state index is 12.0. The molecule has 5 heteroatoms. The molecular formula is C28H32N2O3. The first kappa shape index (κ1) is 24.1. The van der Waals surface area contributed by atoms with Crippen LogP contribution in [0.4, 0.5) is 0 Å². The number of rotatable bonds is 13. The van der Waals surface area contributed by atoms with Gasteiger partial charge in [0.25, 0.3) is 5.91 Å². The number of hydrogen-bond acceptors (Lipinski definition) is 4. The first-order valence-corrected chi connectivity index (χ1v) is 11.6. The summed E-state index contributed by atoms with van der Waals surface area (Å²) in [7, 11) is 0. The van der Waals surface area contributed by atoms with Gasteiger partial charge in [0, 0.05) is 5.56 Å². The molecule has 5 nitrogen and oxygen atoms in total. The first-order chi connectivity index (χ1) is 16.2. The smallest absolute Gasteiger partial charge is 0.271 e. The van der Waals surface area contributed by atoms with E-state index in [1.807, 2.05) is 54.6 Å². The lowest BCUT2D eigenvalue weighted by molar-refractivity contribution is 0.0955. The Kier molecular flexibility index (Phi) is 10.0. The van der Waals surface area contributed by atoms with Gasteiger partial charge >= 0.3 is 0 Å². The van der Waals surface area contributed by atoms with Crippen molar-refractivity contribution >= 4 is 12.1 Å². The molecule has 0 bridgehead atoms. The Bertz CT molecular complexity index is 984. The molecule has 0 aliphatic heterocycles. The summed E-state index contributed by atoms with van der Waals surface area (Å²) >= 11 is 0. The molecule has 0 spiro atoms. The number of unbranched alkanes of at least 4 members (excludes halogenated alkanes) is 3. The van der Waals surface area contributed by atoms with E-state index in [0.29, 0.717) is 18.8 Å². The van der Waals surface area contributed by atoms with Crippen molar-refractivity contribution in [3.05, 3.63) is 95.6 Å². The van der Waals surface area contributed by atoms with Gasteiger partial charge < -0.3 is 9.47 Å². The Morgan fingerprint density at radius 1 is 0.818 bits per heavy atom. The summed E-state index contributed by atoms with van der Waals surface area (Å²) in [5.41, 5.74) is 5.31. The average molecular weight is 445 g/mol. The molecule has 3 aromatic rings. The van der Waals surface area contributed by atoms with E-state index in [1.54, 1.807) is 18.3 Å². The quantitative estimate of drug-likeness (QED) is 0.199. The van der Waals surface area contributed by atoms with E-state index >= 15 is 0 Å². The van der Waals surface area contributed by atoms with Crippen LogP contribution >= 0.6 is 0 Å². The number of aryl methyl sites for hydroxylation is 1. The number of carbonyl (C=O) groups is 1. The molecule has 1 N–H and O–H groups in total. The second kappa shape index (κ2) is 13.7. The van der Waals surface area contributed by atoms with Crippen LogP contribution in [0.2, 0.25) is 0 Å². The van der Waals surface area contributed by atoms with E-state index in [1.165, 1.54) is 31.2 Å². The third-order valence-electron chi connectivity index (χ3n) is 5.16. The highest BCUT2D eigenvalue weighted by Gasteiger charge is 2.02. The summed E-state index contributed by atoms with van der Waals surface area (Å²) < 4.78 is 11.5. The van der Waals surface area contributed by atoms with Gasteiger partial charge in [-0.05, 0) is 72.5 Å². The Morgan fingerprint density at radius 3 is 2.09 bits per heavy atom. The molecule has 0 unspecified atom stereocenters. The molecule has 0 aromatic heterocycles. The number of ether oxygens (including phenoxy) is 2. The minimum absolute atomic E-state index is 0.242. The van der Waals surface area contributed by atoms with Crippen molar-refractivity contribution in [1.29, 1.82) is 0 Å². The van der Waals surface area contributed by atoms with Crippen molar-refractivity contribution in [2.24, 2.45) is 5.10 Å². The van der Waals surface area contributed by atoms with Gasteiger partial charge in [-0.1, -0.05) is 56.5 Å². The Morgan fingerprint density at radius 2 is 1.45 bits per heavy atom. The van der Waals surface area contributed by atoms with Crippen LogP contribution in [-0.2, 0) is 6.42 Å². The van der Waals surface area contributed by atoms with E-state index < -0.39 is 0 Å². The Labute approximate surface area is 196 Å². The molecule has 0 aliphatic rings. The van der Waals surface area contributed by atoms with E-state index in [9.17, 15) is 4.79 Å². The van der Waals surface area contributed by atoms with Crippen LogP contribution in [0, 0.1) is 0 Å². The minimum Gasteiger partial charge on any atom is -0.490 e. The van der Waals surface area contributed by atoms with Gasteiger partial charge in [-0.3, -0.25) is 4.79 Å². The fraction of sp³-hybridized carbons (Fsp3) is 0.286. The number of amides is 1. The minimum atomic E-state index is -0.242. The van der Waals surface area contributed by atoms with Crippen molar-refractivity contribution in [2.75, 3.05) is 13.2 Å². The molecule has 3 aromatic carbocycles. The largest absolute Gasteiger partial charge is 0.490 e. The van der Waals surface area contributed by atoms with Crippen molar-refractivity contribution in [3.8, 4) is 11.5 Å². The molecule has 0 saturated carbocycles. The monoisotopic (exact) mass is 444 g/mol. The van der Waals surface area contributed by atoms with Crippen LogP contribution in [0.3, 0.4) is 0 Å². The summed E-state index contributed by atoms with van der Waals surface area (Å²) in [6, 6.07) is 24.8. The molecule has 0 radical (unpaired) electrons. The van der Waals surface area contributed by atoms with Crippen molar-refractivity contribution in [2.45, 2.75) is 39.0 Å². The zero-order valence-electron chi connectivity index (χ0n) is 19.2. The molecular weight excluding hydrogens is 412 g/mol. The number of hydrogen-bond donors (Lipinski definition) is 1. The SMILES string of the molecule is CCCCCCc1ccc(OCCOc2ccc(C=NNC(=O)c3ccccc3)cc2)cc1. The van der Waals surface area contributed by atoms with Crippen molar-refractivity contribution < 1.29 is 14.3 Å². The predicted octanol–water partition coefficient (Wildman–Crippen LogP) is 6.03. The summed E-state index contributed by atoms with van der Waals surface area (Å²) in [6.07, 6.45) is 7.84. The zero-order chi connectivity index (χ0) is 23.1. The van der Waals surface area contributed by atoms with Crippen LogP contribution in [0.5, 0.6) is 11.5 Å². The lowest BCUT2D eigenvalue weighted by atomic mass is 10.1. The zero-order valence-corrected chi connectivity index (χ0v) is 19.2. The maximum atomic E-state index is 12.0. The van der Waals surface area contributed by atoms with Gasteiger partial charge in [-0.15, -0.1) is 0 Å². The van der Waals surface area contributed by atoms with Crippen LogP contribution < -0.4 is 14.9 Å². The van der Waals surface area contributed by atoms with E-state index in [-0.39, 0.29) is 5.91 Å². The second-order valence-electron chi connectivity index (χ2n) is 7.79. The number of carbonyl (C=O) groups excluding carboxylic acids is 1. The first-order valence-electron chi connectivity index (χ1n) is 11.6. The summed E-state index contributed by atoms with van der Waals surface area (Å²) in [5.74, 6) is 1.37. The number of nitrogens with zero attached hydrogens (tertiary/aromatic N) is 1. The topological polar surface area (TPSA) is 59.9 Å². The number of hydrazone groups is 1. The van der Waals surface area contributed by atoms with Crippen LogP contribution in [0.15, 0.2) is 84.0 Å². The second-order valence-corrected chi connectivity index (χ2v) is 7.79. The van der Waals surface area contributed by atoms with Crippen LogP contribution in [0.1, 0.15) is 54.1 Å². The van der Waals surface area contributed by atoms with Crippen LogP contribution in [-0.4, -0.2) is 25.3 Å². The normalized spacial score (nSPS) is 10.8. The van der Waals surface area contributed by atoms with Gasteiger partial charge in [-0.25, -0.2) is 5.43 Å². The van der Waals surface area contributed by atoms with Crippen LogP contribution in [0.25, 0.3) is 0 Å². The lowest BCUT2D eigenvalue weighted by Gasteiger charge is -2.09. The van der Waals surface area contributed by atoms with Crippen molar-refractivity contribution in [1.82, 2.24) is 5.43 Å². The highest BCUT2D eigenvalue weighted by Crippen LogP contribution is 2.15. The highest BCUT2D eigenvalue weighted by molar-refractivity contribution is 5.94. The molecule has 0 fully saturated rings. The molecule has 0 atom stereocenters. The summed E-state index contributed by atoms with van der Waals surface area (Å²) in [6.45, 7) is 3.17. The molecule has 172 valence electrons. The molecule has 1 amide bonds. The van der Waals surface area contributed by atoms with Gasteiger partial charge in [0.2, 0.25) is 0 Å². The fourth-order valence-electron chi connectivity index (χ4n) is 3.30. The summed E-state index contributed by atoms with van der Waals surface area (Å²) in [5, 5.41) is 4.00. The lowest BCUT2D eigenvalue weighted by Crippen LogP contribution is -2.17. The summed E-state index contributed by atoms with van der Waals surface area (Å²) in [4.78, 5) is 12.0. The molecule has 3 rings (SSSR count). The number of benzene rings is 3. The van der Waals surface area contributed by atoms with E-state index in [2.05, 4.69) is 29.6 Å². The van der Waals surface area contributed by atoms with E-state index in [4.69, 9.17) is 9.47 Å². The maximum Gasteiger partial charge on any atom is 0.271 e.